The molecule has 4 heteroatoms. The summed E-state index contributed by atoms with van der Waals surface area (Å²) in [6.45, 7) is 4.12. The van der Waals surface area contributed by atoms with Crippen molar-refractivity contribution in [2.45, 2.75) is 20.3 Å². The molecular weight excluding hydrogens is 308 g/mol. The van der Waals surface area contributed by atoms with Gasteiger partial charge in [0.15, 0.2) is 0 Å². The molecular formula is C14H13BrN2S. The van der Waals surface area contributed by atoms with Crippen LogP contribution in [0.2, 0.25) is 0 Å². The van der Waals surface area contributed by atoms with Crippen LogP contribution in [0.15, 0.2) is 22.7 Å². The second kappa shape index (κ2) is 5.13. The molecule has 0 amide bonds. The van der Waals surface area contributed by atoms with Crippen molar-refractivity contribution >= 4 is 33.0 Å². The van der Waals surface area contributed by atoms with Crippen LogP contribution in [0.1, 0.15) is 22.9 Å². The fourth-order valence-corrected chi connectivity index (χ4v) is 3.28. The van der Waals surface area contributed by atoms with Gasteiger partial charge in [-0.3, -0.25) is 0 Å². The minimum atomic E-state index is 0.613. The summed E-state index contributed by atoms with van der Waals surface area (Å²) in [6, 6.07) is 8.38. The zero-order chi connectivity index (χ0) is 13.3. The van der Waals surface area contributed by atoms with Crippen molar-refractivity contribution in [3.63, 3.8) is 0 Å². The molecule has 1 aromatic heterocycles. The Balaban J connectivity index is 2.63. The first-order valence-corrected chi connectivity index (χ1v) is 7.27. The van der Waals surface area contributed by atoms with Gasteiger partial charge in [-0.1, -0.05) is 28.9 Å². The maximum atomic E-state index is 9.07. The molecule has 0 atom stereocenters. The summed E-state index contributed by atoms with van der Waals surface area (Å²) in [6.07, 6.45) is 0.842. The van der Waals surface area contributed by atoms with Crippen molar-refractivity contribution in [3.05, 3.63) is 38.7 Å². The van der Waals surface area contributed by atoms with Crippen LogP contribution in [0.4, 0.5) is 5.69 Å². The van der Waals surface area contributed by atoms with Crippen LogP contribution in [-0.2, 0) is 6.42 Å². The molecule has 2 aromatic rings. The Labute approximate surface area is 119 Å². The summed E-state index contributed by atoms with van der Waals surface area (Å²) in [5.74, 6) is 0. The van der Waals surface area contributed by atoms with E-state index in [1.54, 1.807) is 0 Å². The van der Waals surface area contributed by atoms with Gasteiger partial charge in [0.1, 0.15) is 10.9 Å². The van der Waals surface area contributed by atoms with Gasteiger partial charge in [0.05, 0.1) is 5.69 Å². The lowest BCUT2D eigenvalue weighted by Gasteiger charge is -2.05. The topological polar surface area (TPSA) is 49.8 Å². The molecule has 18 heavy (non-hydrogen) atoms. The van der Waals surface area contributed by atoms with Gasteiger partial charge in [-0.2, -0.15) is 5.26 Å². The minimum Gasteiger partial charge on any atom is -0.397 e. The number of hydrogen-bond acceptors (Lipinski definition) is 3. The number of rotatable bonds is 2. The van der Waals surface area contributed by atoms with Crippen molar-refractivity contribution < 1.29 is 0 Å². The molecule has 0 spiro atoms. The van der Waals surface area contributed by atoms with Crippen molar-refractivity contribution in [2.75, 3.05) is 5.73 Å². The lowest BCUT2D eigenvalue weighted by Crippen LogP contribution is -1.91. The largest absolute Gasteiger partial charge is 0.397 e. The van der Waals surface area contributed by atoms with Crippen molar-refractivity contribution in [2.24, 2.45) is 0 Å². The van der Waals surface area contributed by atoms with Gasteiger partial charge in [0, 0.05) is 9.35 Å². The molecule has 0 bridgehead atoms. The van der Waals surface area contributed by atoms with Crippen LogP contribution < -0.4 is 5.73 Å². The fourth-order valence-electron chi connectivity index (χ4n) is 1.93. The third-order valence-electron chi connectivity index (χ3n) is 2.92. The summed E-state index contributed by atoms with van der Waals surface area (Å²) in [7, 11) is 0. The highest BCUT2D eigenvalue weighted by atomic mass is 79.9. The van der Waals surface area contributed by atoms with E-state index in [0.717, 1.165) is 26.9 Å². The maximum absolute atomic E-state index is 9.07. The summed E-state index contributed by atoms with van der Waals surface area (Å²) in [5, 5.41) is 9.07. The first kappa shape index (κ1) is 13.1. The van der Waals surface area contributed by atoms with Crippen LogP contribution in [0.25, 0.3) is 10.4 Å². The van der Waals surface area contributed by atoms with E-state index in [4.69, 9.17) is 11.0 Å². The molecule has 1 aromatic carbocycles. The second-order valence-corrected chi connectivity index (χ2v) is 5.96. The molecule has 2 nitrogen and oxygen atoms in total. The zero-order valence-corrected chi connectivity index (χ0v) is 12.7. The normalized spacial score (nSPS) is 10.3. The highest BCUT2D eigenvalue weighted by Crippen LogP contribution is 2.39. The maximum Gasteiger partial charge on any atom is 0.128 e. The van der Waals surface area contributed by atoms with Crippen LogP contribution in [0, 0.1) is 18.3 Å². The SMILES string of the molecule is CCc1c(-c2ccc(Br)c(C)c2)sc(C#N)c1N. The van der Waals surface area contributed by atoms with E-state index in [9.17, 15) is 0 Å². The third kappa shape index (κ3) is 2.16. The van der Waals surface area contributed by atoms with Crippen molar-refractivity contribution in [1.82, 2.24) is 0 Å². The molecule has 0 fully saturated rings. The molecule has 2 N–H and O–H groups in total. The Morgan fingerprint density at radius 3 is 2.72 bits per heavy atom. The van der Waals surface area contributed by atoms with E-state index in [2.05, 4.69) is 48.0 Å². The van der Waals surface area contributed by atoms with Gasteiger partial charge >= 0.3 is 0 Å². The van der Waals surface area contributed by atoms with E-state index in [1.165, 1.54) is 16.9 Å². The number of aryl methyl sites for hydroxylation is 1. The van der Waals surface area contributed by atoms with Gasteiger partial charge < -0.3 is 5.73 Å². The number of nitrogens with two attached hydrogens (primary N) is 1. The van der Waals surface area contributed by atoms with Crippen LogP contribution in [-0.4, -0.2) is 0 Å². The van der Waals surface area contributed by atoms with Crippen molar-refractivity contribution in [3.8, 4) is 16.5 Å². The molecule has 0 saturated carbocycles. The first-order valence-electron chi connectivity index (χ1n) is 5.66. The molecule has 0 unspecified atom stereocenters. The Hall–Kier alpha value is -1.31. The molecule has 0 aliphatic rings. The number of benzene rings is 1. The summed E-state index contributed by atoms with van der Waals surface area (Å²) >= 11 is 4.97. The van der Waals surface area contributed by atoms with Gasteiger partial charge in [-0.25, -0.2) is 0 Å². The fraction of sp³-hybridized carbons (Fsp3) is 0.214. The number of nitrogen functional groups attached to an aromatic ring is 1. The standard InChI is InChI=1S/C14H13BrN2S/c1-3-10-13(17)12(7-16)18-14(10)9-4-5-11(15)8(2)6-9/h4-6H,3,17H2,1-2H3. The molecule has 2 rings (SSSR count). The molecule has 0 radical (unpaired) electrons. The number of anilines is 1. The van der Waals surface area contributed by atoms with Crippen LogP contribution in [0.5, 0.6) is 0 Å². The number of nitriles is 1. The van der Waals surface area contributed by atoms with E-state index >= 15 is 0 Å². The Bertz CT molecular complexity index is 638. The highest BCUT2D eigenvalue weighted by Gasteiger charge is 2.16. The molecule has 0 aliphatic heterocycles. The quantitative estimate of drug-likeness (QED) is 0.885. The van der Waals surface area contributed by atoms with Gasteiger partial charge in [-0.05, 0) is 42.2 Å². The zero-order valence-electron chi connectivity index (χ0n) is 10.2. The third-order valence-corrected chi connectivity index (χ3v) is 5.01. The Kier molecular flexibility index (Phi) is 3.74. The lowest BCUT2D eigenvalue weighted by atomic mass is 10.0. The van der Waals surface area contributed by atoms with E-state index in [-0.39, 0.29) is 0 Å². The summed E-state index contributed by atoms with van der Waals surface area (Å²) < 4.78 is 1.09. The first-order chi connectivity index (χ1) is 8.58. The molecule has 1 heterocycles. The summed E-state index contributed by atoms with van der Waals surface area (Å²) in [5.41, 5.74) is 10.0. The van der Waals surface area contributed by atoms with Gasteiger partial charge in [0.2, 0.25) is 0 Å². The van der Waals surface area contributed by atoms with E-state index in [1.807, 2.05) is 6.07 Å². The Morgan fingerprint density at radius 2 is 2.17 bits per heavy atom. The Morgan fingerprint density at radius 1 is 1.44 bits per heavy atom. The van der Waals surface area contributed by atoms with Gasteiger partial charge in [-0.15, -0.1) is 11.3 Å². The number of halogens is 1. The lowest BCUT2D eigenvalue weighted by molar-refractivity contribution is 1.16. The highest BCUT2D eigenvalue weighted by molar-refractivity contribution is 9.10. The van der Waals surface area contributed by atoms with Crippen LogP contribution in [0.3, 0.4) is 0 Å². The van der Waals surface area contributed by atoms with E-state index in [0.29, 0.717) is 10.6 Å². The van der Waals surface area contributed by atoms with Gasteiger partial charge in [0.25, 0.3) is 0 Å². The number of hydrogen-bond donors (Lipinski definition) is 1. The molecule has 0 saturated heterocycles. The van der Waals surface area contributed by atoms with E-state index < -0.39 is 0 Å². The predicted octanol–water partition coefficient (Wildman–Crippen LogP) is 4.50. The van der Waals surface area contributed by atoms with Crippen LogP contribution >= 0.6 is 27.3 Å². The second-order valence-electron chi connectivity index (χ2n) is 4.08. The minimum absolute atomic E-state index is 0.613. The van der Waals surface area contributed by atoms with Crippen molar-refractivity contribution in [1.29, 1.82) is 5.26 Å². The number of thiophene rings is 1. The number of nitrogens with zero attached hydrogens (tertiary/aromatic N) is 1. The summed E-state index contributed by atoms with van der Waals surface area (Å²) in [4.78, 5) is 1.73. The monoisotopic (exact) mass is 320 g/mol. The average Bonchev–Trinajstić information content (AvgIpc) is 2.69. The molecule has 92 valence electrons. The average molecular weight is 321 g/mol. The molecule has 0 aliphatic carbocycles. The predicted molar refractivity (Wildman–Crippen MR) is 80.7 cm³/mol. The smallest absolute Gasteiger partial charge is 0.128 e.